The number of rotatable bonds is 5. The molecule has 8 nitrogen and oxygen atoms in total. The highest BCUT2D eigenvalue weighted by Crippen LogP contribution is 2.28. The fourth-order valence-electron chi connectivity index (χ4n) is 4.88. The SMILES string of the molecule is CN1C(=O)NC(=O)C2C1N=C(N1CCN(CCc3ccccc3)CC1)N2Cc1cccc(Cl)c1. The molecule has 0 aliphatic carbocycles. The van der Waals surface area contributed by atoms with Gasteiger partial charge in [0.05, 0.1) is 0 Å². The molecule has 34 heavy (non-hydrogen) atoms. The third kappa shape index (κ3) is 4.60. The van der Waals surface area contributed by atoms with Gasteiger partial charge in [-0.25, -0.2) is 9.79 Å². The van der Waals surface area contributed by atoms with E-state index in [0.29, 0.717) is 11.6 Å². The average molecular weight is 481 g/mol. The van der Waals surface area contributed by atoms with Crippen LogP contribution in [0.4, 0.5) is 4.79 Å². The number of piperazine rings is 1. The van der Waals surface area contributed by atoms with Gasteiger partial charge in [-0.3, -0.25) is 15.0 Å². The first-order valence-corrected chi connectivity index (χ1v) is 12.0. The number of imide groups is 1. The Morgan fingerprint density at radius 3 is 2.47 bits per heavy atom. The van der Waals surface area contributed by atoms with E-state index in [9.17, 15) is 9.59 Å². The molecule has 0 aromatic heterocycles. The van der Waals surface area contributed by atoms with Crippen LogP contribution >= 0.6 is 11.6 Å². The van der Waals surface area contributed by atoms with E-state index < -0.39 is 18.2 Å². The summed E-state index contributed by atoms with van der Waals surface area (Å²) in [6.07, 6.45) is 0.492. The summed E-state index contributed by atoms with van der Waals surface area (Å²) in [5.74, 6) is 0.463. The molecule has 2 atom stereocenters. The Hall–Kier alpha value is -3.10. The molecule has 2 saturated heterocycles. The van der Waals surface area contributed by atoms with Crippen LogP contribution in [0.1, 0.15) is 11.1 Å². The summed E-state index contributed by atoms with van der Waals surface area (Å²) >= 11 is 6.22. The van der Waals surface area contributed by atoms with Crippen molar-refractivity contribution in [3.63, 3.8) is 0 Å². The van der Waals surface area contributed by atoms with E-state index in [1.165, 1.54) is 10.5 Å². The van der Waals surface area contributed by atoms with E-state index in [0.717, 1.165) is 50.7 Å². The topological polar surface area (TPSA) is 71.5 Å². The molecule has 0 spiro atoms. The van der Waals surface area contributed by atoms with Gasteiger partial charge in [-0.05, 0) is 29.7 Å². The van der Waals surface area contributed by atoms with E-state index in [1.54, 1.807) is 7.05 Å². The molecule has 3 aliphatic rings. The second-order valence-electron chi connectivity index (χ2n) is 9.01. The van der Waals surface area contributed by atoms with Crippen molar-refractivity contribution in [1.82, 2.24) is 24.9 Å². The fraction of sp³-hybridized carbons (Fsp3) is 0.400. The van der Waals surface area contributed by atoms with E-state index in [-0.39, 0.29) is 5.91 Å². The number of nitrogens with zero attached hydrogens (tertiary/aromatic N) is 5. The minimum Gasteiger partial charge on any atom is -0.340 e. The Morgan fingerprint density at radius 2 is 1.74 bits per heavy atom. The summed E-state index contributed by atoms with van der Waals surface area (Å²) in [5.41, 5.74) is 2.34. The maximum atomic E-state index is 12.9. The van der Waals surface area contributed by atoms with Gasteiger partial charge in [0.15, 0.2) is 18.2 Å². The quantitative estimate of drug-likeness (QED) is 0.710. The maximum absolute atomic E-state index is 12.9. The number of aliphatic imine (C=N–C) groups is 1. The summed E-state index contributed by atoms with van der Waals surface area (Å²) in [6, 6.07) is 17.2. The maximum Gasteiger partial charge on any atom is 0.325 e. The smallest absolute Gasteiger partial charge is 0.325 e. The molecule has 2 unspecified atom stereocenters. The molecule has 3 amide bonds. The molecule has 5 rings (SSSR count). The predicted molar refractivity (Wildman–Crippen MR) is 131 cm³/mol. The first kappa shape index (κ1) is 22.7. The Morgan fingerprint density at radius 1 is 1.00 bits per heavy atom. The molecular weight excluding hydrogens is 452 g/mol. The lowest BCUT2D eigenvalue weighted by Crippen LogP contribution is -2.64. The van der Waals surface area contributed by atoms with Crippen molar-refractivity contribution < 1.29 is 9.59 Å². The first-order valence-electron chi connectivity index (χ1n) is 11.7. The number of halogens is 1. The third-order valence-electron chi connectivity index (χ3n) is 6.80. The largest absolute Gasteiger partial charge is 0.340 e. The predicted octanol–water partition coefficient (Wildman–Crippen LogP) is 2.25. The second-order valence-corrected chi connectivity index (χ2v) is 9.45. The zero-order chi connectivity index (χ0) is 23.7. The molecule has 2 fully saturated rings. The van der Waals surface area contributed by atoms with Crippen molar-refractivity contribution in [1.29, 1.82) is 0 Å². The molecule has 1 N–H and O–H groups in total. The molecule has 3 heterocycles. The highest BCUT2D eigenvalue weighted by atomic mass is 35.5. The number of guanidine groups is 1. The number of hydrogen-bond acceptors (Lipinski definition) is 6. The fourth-order valence-corrected chi connectivity index (χ4v) is 5.09. The number of nitrogens with one attached hydrogen (secondary N) is 1. The van der Waals surface area contributed by atoms with E-state index in [2.05, 4.69) is 39.4 Å². The van der Waals surface area contributed by atoms with Crippen molar-refractivity contribution in [2.75, 3.05) is 39.8 Å². The Labute approximate surface area is 204 Å². The molecular formula is C25H29ClN6O2. The number of likely N-dealkylation sites (N-methyl/N-ethyl adjacent to an activating group) is 1. The van der Waals surface area contributed by atoms with Crippen LogP contribution in [0.25, 0.3) is 0 Å². The van der Waals surface area contributed by atoms with Crippen LogP contribution in [0.2, 0.25) is 5.02 Å². The summed E-state index contributed by atoms with van der Waals surface area (Å²) in [6.45, 7) is 4.99. The standard InChI is InChI=1S/C25H29ClN6O2/c1-29-22-21(23(33)28-25(29)34)32(17-19-8-5-9-20(26)16-19)24(27-22)31-14-12-30(13-15-31)11-10-18-6-3-2-4-7-18/h2-9,16,21-22H,10-15,17H2,1H3,(H,28,33,34). The van der Waals surface area contributed by atoms with Crippen molar-refractivity contribution in [3.05, 3.63) is 70.7 Å². The summed E-state index contributed by atoms with van der Waals surface area (Å²) < 4.78 is 0. The van der Waals surface area contributed by atoms with Crippen LogP contribution in [0, 0.1) is 0 Å². The highest BCUT2D eigenvalue weighted by molar-refractivity contribution is 6.30. The molecule has 0 saturated carbocycles. The highest BCUT2D eigenvalue weighted by Gasteiger charge is 2.49. The number of carbonyl (C=O) groups is 2. The first-order chi connectivity index (χ1) is 16.5. The Kier molecular flexibility index (Phi) is 6.43. The number of amides is 3. The van der Waals surface area contributed by atoms with Crippen molar-refractivity contribution in [2.45, 2.75) is 25.2 Å². The van der Waals surface area contributed by atoms with Crippen molar-refractivity contribution >= 4 is 29.5 Å². The van der Waals surface area contributed by atoms with Crippen LogP contribution in [0.5, 0.6) is 0 Å². The van der Waals surface area contributed by atoms with Crippen LogP contribution in [0.3, 0.4) is 0 Å². The molecule has 3 aliphatic heterocycles. The third-order valence-corrected chi connectivity index (χ3v) is 7.03. The minimum atomic E-state index is -0.562. The number of hydrogen-bond donors (Lipinski definition) is 1. The molecule has 178 valence electrons. The lowest BCUT2D eigenvalue weighted by molar-refractivity contribution is -0.127. The van der Waals surface area contributed by atoms with Gasteiger partial charge in [-0.1, -0.05) is 54.1 Å². The van der Waals surface area contributed by atoms with E-state index in [4.69, 9.17) is 16.6 Å². The Bertz CT molecular complexity index is 1090. The van der Waals surface area contributed by atoms with Crippen molar-refractivity contribution in [2.24, 2.45) is 4.99 Å². The van der Waals surface area contributed by atoms with Crippen LogP contribution in [-0.2, 0) is 17.8 Å². The lowest BCUT2D eigenvalue weighted by atomic mass is 10.1. The average Bonchev–Trinajstić information content (AvgIpc) is 3.22. The summed E-state index contributed by atoms with van der Waals surface area (Å²) in [5, 5.41) is 3.12. The zero-order valence-electron chi connectivity index (χ0n) is 19.2. The van der Waals surface area contributed by atoms with Crippen LogP contribution in [0.15, 0.2) is 59.6 Å². The van der Waals surface area contributed by atoms with E-state index >= 15 is 0 Å². The number of benzene rings is 2. The van der Waals surface area contributed by atoms with Crippen molar-refractivity contribution in [3.8, 4) is 0 Å². The molecule has 0 radical (unpaired) electrons. The number of carbonyl (C=O) groups excluding carboxylic acids is 2. The number of urea groups is 1. The molecule has 0 bridgehead atoms. The van der Waals surface area contributed by atoms with Gasteiger partial charge in [0.2, 0.25) is 0 Å². The zero-order valence-corrected chi connectivity index (χ0v) is 20.0. The summed E-state index contributed by atoms with van der Waals surface area (Å²) in [4.78, 5) is 38.3. The van der Waals surface area contributed by atoms with Gasteiger partial charge in [-0.15, -0.1) is 0 Å². The minimum absolute atomic E-state index is 0.310. The second kappa shape index (κ2) is 9.64. The van der Waals surface area contributed by atoms with Crippen LogP contribution < -0.4 is 5.32 Å². The van der Waals surface area contributed by atoms with Gasteiger partial charge in [-0.2, -0.15) is 0 Å². The van der Waals surface area contributed by atoms with Gasteiger partial charge >= 0.3 is 6.03 Å². The van der Waals surface area contributed by atoms with Gasteiger partial charge in [0.1, 0.15) is 0 Å². The number of fused-ring (bicyclic) bond motifs is 1. The monoisotopic (exact) mass is 480 g/mol. The van der Waals surface area contributed by atoms with E-state index in [1.807, 2.05) is 35.2 Å². The lowest BCUT2D eigenvalue weighted by Gasteiger charge is -2.40. The molecule has 2 aromatic carbocycles. The van der Waals surface area contributed by atoms with Gasteiger partial charge in [0.25, 0.3) is 5.91 Å². The Balaban J connectivity index is 1.31. The van der Waals surface area contributed by atoms with Crippen LogP contribution in [-0.4, -0.2) is 89.5 Å². The normalized spacial score (nSPS) is 23.1. The molecule has 2 aromatic rings. The molecule has 9 heteroatoms. The van der Waals surface area contributed by atoms with Gasteiger partial charge < -0.3 is 14.7 Å². The van der Waals surface area contributed by atoms with Gasteiger partial charge in [0, 0.05) is 51.3 Å². The summed E-state index contributed by atoms with van der Waals surface area (Å²) in [7, 11) is 1.69.